The Morgan fingerprint density at radius 1 is 1.23 bits per heavy atom. The van der Waals surface area contributed by atoms with E-state index in [2.05, 4.69) is 4.74 Å². The number of aliphatic carboxylic acids is 1. The van der Waals surface area contributed by atoms with Crippen LogP contribution in [0.3, 0.4) is 0 Å². The molecule has 0 bridgehead atoms. The van der Waals surface area contributed by atoms with Gasteiger partial charge in [0.05, 0.1) is 6.04 Å². The highest BCUT2D eigenvalue weighted by Crippen LogP contribution is 2.18. The monoisotopic (exact) mass is 193 g/mol. The van der Waals surface area contributed by atoms with Gasteiger partial charge in [-0.2, -0.15) is 0 Å². The summed E-state index contributed by atoms with van der Waals surface area (Å²) in [7, 11) is 0. The van der Waals surface area contributed by atoms with E-state index >= 15 is 0 Å². The maximum absolute atomic E-state index is 10.4. The summed E-state index contributed by atoms with van der Waals surface area (Å²) in [5.74, 6) is -1.46. The predicted molar refractivity (Wildman–Crippen MR) is 38.5 cm³/mol. The molecule has 0 aromatic carbocycles. The minimum absolute atomic E-state index is 1.20. The molecule has 5 atom stereocenters. The van der Waals surface area contributed by atoms with E-state index in [1.54, 1.807) is 0 Å². The summed E-state index contributed by atoms with van der Waals surface area (Å²) in [6, 6.07) is -1.20. The molecule has 0 aliphatic carbocycles. The maximum atomic E-state index is 10.4. The lowest BCUT2D eigenvalue weighted by molar-refractivity contribution is -0.244. The molecule has 1 heterocycles. The quantitative estimate of drug-likeness (QED) is 0.296. The van der Waals surface area contributed by atoms with Gasteiger partial charge in [-0.05, 0) is 0 Å². The van der Waals surface area contributed by atoms with Gasteiger partial charge in [-0.25, -0.2) is 4.79 Å². The highest BCUT2D eigenvalue weighted by Gasteiger charge is 2.45. The van der Waals surface area contributed by atoms with Crippen molar-refractivity contribution in [1.29, 1.82) is 0 Å². The van der Waals surface area contributed by atoms with Crippen molar-refractivity contribution < 1.29 is 30.0 Å². The van der Waals surface area contributed by atoms with Crippen molar-refractivity contribution in [2.75, 3.05) is 0 Å². The van der Waals surface area contributed by atoms with E-state index in [1.165, 1.54) is 0 Å². The fraction of sp³-hybridized carbons (Fsp3) is 0.833. The fourth-order valence-electron chi connectivity index (χ4n) is 1.10. The lowest BCUT2D eigenvalue weighted by Gasteiger charge is -2.36. The smallest absolute Gasteiger partial charge is 0.335 e. The summed E-state index contributed by atoms with van der Waals surface area (Å²) < 4.78 is 4.46. The molecule has 0 aromatic rings. The third kappa shape index (κ3) is 1.79. The topological polar surface area (TPSA) is 133 Å². The lowest BCUT2D eigenvalue weighted by Crippen LogP contribution is -2.62. The van der Waals surface area contributed by atoms with Crippen LogP contribution in [0.15, 0.2) is 0 Å². The van der Waals surface area contributed by atoms with E-state index in [-0.39, 0.29) is 0 Å². The van der Waals surface area contributed by atoms with Crippen LogP contribution < -0.4 is 5.73 Å². The van der Waals surface area contributed by atoms with Crippen LogP contribution in [-0.4, -0.2) is 57.0 Å². The largest absolute Gasteiger partial charge is 0.479 e. The second-order valence-electron chi connectivity index (χ2n) is 2.84. The summed E-state index contributed by atoms with van der Waals surface area (Å²) in [4.78, 5) is 10.4. The number of aliphatic hydroxyl groups excluding tert-OH is 3. The number of aliphatic hydroxyl groups is 3. The number of hydrogen-bond acceptors (Lipinski definition) is 6. The molecule has 1 fully saturated rings. The Balaban J connectivity index is 2.76. The number of ether oxygens (including phenoxy) is 1. The molecule has 0 saturated carbocycles. The fourth-order valence-corrected chi connectivity index (χ4v) is 1.10. The highest BCUT2D eigenvalue weighted by atomic mass is 16.6. The molecule has 7 heteroatoms. The minimum atomic E-state index is -1.65. The van der Waals surface area contributed by atoms with Crippen molar-refractivity contribution in [3.05, 3.63) is 0 Å². The molecule has 0 spiro atoms. The minimum Gasteiger partial charge on any atom is -0.479 e. The molecular weight excluding hydrogens is 182 g/mol. The zero-order chi connectivity index (χ0) is 10.2. The molecule has 76 valence electrons. The lowest BCUT2D eigenvalue weighted by atomic mass is 9.98. The van der Waals surface area contributed by atoms with Crippen LogP contribution in [0.4, 0.5) is 0 Å². The first-order valence-electron chi connectivity index (χ1n) is 3.63. The number of carboxylic acids is 1. The maximum Gasteiger partial charge on any atom is 0.335 e. The molecule has 7 nitrogen and oxygen atoms in total. The average molecular weight is 193 g/mol. The molecule has 1 aliphatic heterocycles. The third-order valence-corrected chi connectivity index (χ3v) is 1.91. The van der Waals surface area contributed by atoms with Gasteiger partial charge in [-0.15, -0.1) is 0 Å². The molecule has 0 unspecified atom stereocenters. The van der Waals surface area contributed by atoms with Crippen LogP contribution in [0.5, 0.6) is 0 Å². The first kappa shape index (κ1) is 10.4. The van der Waals surface area contributed by atoms with Crippen LogP contribution in [-0.2, 0) is 9.53 Å². The first-order valence-corrected chi connectivity index (χ1v) is 3.63. The molecule has 1 saturated heterocycles. The normalized spacial score (nSPS) is 46.0. The van der Waals surface area contributed by atoms with Crippen LogP contribution in [0.25, 0.3) is 0 Å². The van der Waals surface area contributed by atoms with Gasteiger partial charge in [0, 0.05) is 0 Å². The van der Waals surface area contributed by atoms with Crippen LogP contribution in [0.1, 0.15) is 0 Å². The van der Waals surface area contributed by atoms with E-state index in [1.807, 2.05) is 0 Å². The number of carbonyl (C=O) groups is 1. The number of hydrogen-bond donors (Lipinski definition) is 5. The number of nitrogens with two attached hydrogens (primary N) is 1. The number of carboxylic acid groups (broad SMARTS) is 1. The average Bonchev–Trinajstić information content (AvgIpc) is 2.07. The van der Waals surface area contributed by atoms with Crippen LogP contribution in [0, 0.1) is 0 Å². The van der Waals surface area contributed by atoms with Crippen molar-refractivity contribution in [2.24, 2.45) is 5.73 Å². The van der Waals surface area contributed by atoms with Gasteiger partial charge < -0.3 is 30.9 Å². The van der Waals surface area contributed by atoms with Crippen molar-refractivity contribution in [1.82, 2.24) is 0 Å². The third-order valence-electron chi connectivity index (χ3n) is 1.91. The van der Waals surface area contributed by atoms with E-state index in [9.17, 15) is 4.79 Å². The van der Waals surface area contributed by atoms with Gasteiger partial charge in [0.2, 0.25) is 0 Å². The molecule has 13 heavy (non-hydrogen) atoms. The van der Waals surface area contributed by atoms with Crippen LogP contribution >= 0.6 is 0 Å². The van der Waals surface area contributed by atoms with E-state index in [0.29, 0.717) is 0 Å². The molecule has 0 aromatic heterocycles. The van der Waals surface area contributed by atoms with Crippen molar-refractivity contribution in [2.45, 2.75) is 30.6 Å². The first-order chi connectivity index (χ1) is 5.95. The molecule has 0 radical (unpaired) electrons. The van der Waals surface area contributed by atoms with Gasteiger partial charge in [0.15, 0.2) is 12.4 Å². The highest BCUT2D eigenvalue weighted by molar-refractivity contribution is 5.73. The Labute approximate surface area is 73.4 Å². The summed E-state index contributed by atoms with van der Waals surface area (Å²) in [5, 5.41) is 35.8. The summed E-state index contributed by atoms with van der Waals surface area (Å²) in [6.45, 7) is 0. The van der Waals surface area contributed by atoms with Crippen molar-refractivity contribution in [3.63, 3.8) is 0 Å². The van der Waals surface area contributed by atoms with Gasteiger partial charge >= 0.3 is 5.97 Å². The summed E-state index contributed by atoms with van der Waals surface area (Å²) >= 11 is 0. The Bertz CT molecular complexity index is 209. The SMILES string of the molecule is N[C@H]1[C@H](O)[C@@H](O)[C@@H](C(=O)O)O[C@H]1O. The van der Waals surface area contributed by atoms with E-state index in [4.69, 9.17) is 26.2 Å². The van der Waals surface area contributed by atoms with Crippen molar-refractivity contribution >= 4 is 5.97 Å². The van der Waals surface area contributed by atoms with E-state index in [0.717, 1.165) is 0 Å². The Morgan fingerprint density at radius 2 is 1.77 bits per heavy atom. The van der Waals surface area contributed by atoms with Gasteiger partial charge in [0.25, 0.3) is 0 Å². The Hall–Kier alpha value is -0.730. The molecule has 0 amide bonds. The number of rotatable bonds is 1. The second kappa shape index (κ2) is 3.56. The Morgan fingerprint density at radius 3 is 2.23 bits per heavy atom. The molecule has 6 N–H and O–H groups in total. The van der Waals surface area contributed by atoms with Gasteiger partial charge in [-0.3, -0.25) is 0 Å². The standard InChI is InChI=1S/C6H11NO6/c7-1-2(8)3(9)4(5(10)11)13-6(1)12/h1-4,6,8-9,12H,7H2,(H,10,11)/t1-,2-,3+,4-,6+/m0/s1. The summed E-state index contributed by atoms with van der Waals surface area (Å²) in [6.07, 6.45) is -6.37. The summed E-state index contributed by atoms with van der Waals surface area (Å²) in [5.41, 5.74) is 5.20. The zero-order valence-corrected chi connectivity index (χ0v) is 6.57. The molecule has 1 rings (SSSR count). The van der Waals surface area contributed by atoms with Gasteiger partial charge in [-0.1, -0.05) is 0 Å². The molecular formula is C6H11NO6. The van der Waals surface area contributed by atoms with E-state index < -0.39 is 36.6 Å². The van der Waals surface area contributed by atoms with Gasteiger partial charge in [0.1, 0.15) is 12.2 Å². The predicted octanol–water partition coefficient (Wildman–Crippen LogP) is -3.16. The zero-order valence-electron chi connectivity index (χ0n) is 6.57. The molecule has 1 aliphatic rings. The van der Waals surface area contributed by atoms with Crippen LogP contribution in [0.2, 0.25) is 0 Å². The Kier molecular flexibility index (Phi) is 2.84. The van der Waals surface area contributed by atoms with Crippen molar-refractivity contribution in [3.8, 4) is 0 Å². The second-order valence-corrected chi connectivity index (χ2v) is 2.84.